The van der Waals surface area contributed by atoms with Crippen molar-refractivity contribution in [1.82, 2.24) is 4.90 Å². The fraction of sp³-hybridized carbons (Fsp3) is 0.417. The van der Waals surface area contributed by atoms with Gasteiger partial charge in [0, 0.05) is 0 Å². The lowest BCUT2D eigenvalue weighted by Crippen LogP contribution is -2.63. The molecule has 0 unspecified atom stereocenters. The second-order valence-electron chi connectivity index (χ2n) is 4.56. The van der Waals surface area contributed by atoms with E-state index in [0.29, 0.717) is 6.42 Å². The molecule has 0 spiro atoms. The van der Waals surface area contributed by atoms with Crippen molar-refractivity contribution in [1.29, 1.82) is 0 Å². The molecule has 1 aromatic carbocycles. The number of anilines is 1. The van der Waals surface area contributed by atoms with E-state index in [1.807, 2.05) is 0 Å². The molecule has 0 bridgehead atoms. The molecule has 2 rings (SSSR count). The quantitative estimate of drug-likeness (QED) is 0.780. The Labute approximate surface area is 103 Å². The summed E-state index contributed by atoms with van der Waals surface area (Å²) >= 11 is 0. The van der Waals surface area contributed by atoms with Gasteiger partial charge >= 0.3 is 0 Å². The number of carbonyl (C=O) groups is 1. The first kappa shape index (κ1) is 12.8. The van der Waals surface area contributed by atoms with Crippen LogP contribution >= 0.6 is 0 Å². The summed E-state index contributed by atoms with van der Waals surface area (Å²) in [6.45, 7) is 1.94. The number of halogens is 2. The number of aliphatic hydroxyl groups is 1. The molecular formula is C12H14F2N2O2. The Morgan fingerprint density at radius 1 is 1.50 bits per heavy atom. The highest BCUT2D eigenvalue weighted by molar-refractivity contribution is 5.96. The third-order valence-electron chi connectivity index (χ3n) is 3.25. The molecule has 1 aromatic rings. The summed E-state index contributed by atoms with van der Waals surface area (Å²) in [5.74, 6) is -2.78. The smallest absolute Gasteiger partial charge is 0.260 e. The van der Waals surface area contributed by atoms with Crippen LogP contribution in [0.4, 0.5) is 14.5 Å². The number of nitrogens with zero attached hydrogens (tertiary/aromatic N) is 1. The summed E-state index contributed by atoms with van der Waals surface area (Å²) in [7, 11) is 0. The first-order chi connectivity index (χ1) is 8.38. The van der Waals surface area contributed by atoms with E-state index in [1.165, 1.54) is 4.90 Å². The van der Waals surface area contributed by atoms with Gasteiger partial charge in [0.15, 0.2) is 5.82 Å². The van der Waals surface area contributed by atoms with Crippen molar-refractivity contribution in [3.8, 4) is 0 Å². The third-order valence-corrected chi connectivity index (χ3v) is 3.25. The molecule has 6 heteroatoms. The molecule has 3 N–H and O–H groups in total. The van der Waals surface area contributed by atoms with E-state index in [2.05, 4.69) is 0 Å². The van der Waals surface area contributed by atoms with Crippen LogP contribution in [0.1, 0.15) is 23.7 Å². The summed E-state index contributed by atoms with van der Waals surface area (Å²) in [6, 6.07) is 2.03. The van der Waals surface area contributed by atoms with Crippen molar-refractivity contribution < 1.29 is 18.7 Å². The molecule has 1 aliphatic heterocycles. The van der Waals surface area contributed by atoms with Gasteiger partial charge in [0.2, 0.25) is 0 Å². The second-order valence-corrected chi connectivity index (χ2v) is 4.56. The molecule has 1 fully saturated rings. The Hall–Kier alpha value is -1.69. The number of carbonyl (C=O) groups excluding carboxylic acids is 1. The zero-order chi connectivity index (χ0) is 13.5. The molecule has 1 aliphatic rings. The van der Waals surface area contributed by atoms with E-state index in [-0.39, 0.29) is 18.8 Å². The van der Waals surface area contributed by atoms with E-state index >= 15 is 0 Å². The van der Waals surface area contributed by atoms with Gasteiger partial charge in [-0.3, -0.25) is 4.79 Å². The molecule has 1 heterocycles. The second kappa shape index (κ2) is 4.20. The number of likely N-dealkylation sites (tertiary alicyclic amines) is 1. The number of nitrogen functional groups attached to an aromatic ring is 1. The number of hydrogen-bond acceptors (Lipinski definition) is 3. The molecule has 0 atom stereocenters. The number of β-amino-alcohol motifs (C(OH)–C–C–N with tert-alkyl or cyclic N) is 1. The molecular weight excluding hydrogens is 242 g/mol. The molecule has 0 saturated carbocycles. The highest BCUT2D eigenvalue weighted by Crippen LogP contribution is 2.28. The van der Waals surface area contributed by atoms with Crippen LogP contribution in [0, 0.1) is 11.6 Å². The van der Waals surface area contributed by atoms with Crippen LogP contribution in [0.5, 0.6) is 0 Å². The van der Waals surface area contributed by atoms with Crippen LogP contribution < -0.4 is 5.73 Å². The fourth-order valence-corrected chi connectivity index (χ4v) is 1.95. The summed E-state index contributed by atoms with van der Waals surface area (Å²) in [4.78, 5) is 13.1. The Bertz CT molecular complexity index is 499. The molecule has 1 saturated heterocycles. The van der Waals surface area contributed by atoms with E-state index in [9.17, 15) is 18.7 Å². The van der Waals surface area contributed by atoms with E-state index in [1.54, 1.807) is 6.92 Å². The molecule has 1 amide bonds. The monoisotopic (exact) mass is 256 g/mol. The first-order valence-corrected chi connectivity index (χ1v) is 5.63. The van der Waals surface area contributed by atoms with E-state index in [0.717, 1.165) is 12.1 Å². The topological polar surface area (TPSA) is 66.6 Å². The Kier molecular flexibility index (Phi) is 2.98. The number of amides is 1. The zero-order valence-electron chi connectivity index (χ0n) is 9.91. The van der Waals surface area contributed by atoms with Crippen LogP contribution in [0.15, 0.2) is 12.1 Å². The van der Waals surface area contributed by atoms with Crippen LogP contribution in [-0.4, -0.2) is 34.6 Å². The average molecular weight is 256 g/mol. The van der Waals surface area contributed by atoms with Crippen molar-refractivity contribution >= 4 is 11.6 Å². The zero-order valence-corrected chi connectivity index (χ0v) is 9.91. The van der Waals surface area contributed by atoms with Gasteiger partial charge in [-0.25, -0.2) is 8.78 Å². The van der Waals surface area contributed by atoms with Crippen molar-refractivity contribution in [2.75, 3.05) is 18.8 Å². The molecule has 0 aliphatic carbocycles. The minimum atomic E-state index is -1.05. The first-order valence-electron chi connectivity index (χ1n) is 5.63. The van der Waals surface area contributed by atoms with Crippen LogP contribution in [-0.2, 0) is 0 Å². The maximum Gasteiger partial charge on any atom is 0.260 e. The summed E-state index contributed by atoms with van der Waals surface area (Å²) in [6.07, 6.45) is 0.485. The summed E-state index contributed by atoms with van der Waals surface area (Å²) < 4.78 is 27.1. The Morgan fingerprint density at radius 2 is 2.11 bits per heavy atom. The number of benzene rings is 1. The highest BCUT2D eigenvalue weighted by atomic mass is 19.1. The average Bonchev–Trinajstić information content (AvgIpc) is 2.30. The lowest BCUT2D eigenvalue weighted by atomic mass is 9.90. The van der Waals surface area contributed by atoms with Gasteiger partial charge in [0.05, 0.1) is 24.4 Å². The Morgan fingerprint density at radius 3 is 2.67 bits per heavy atom. The third kappa shape index (κ3) is 1.92. The van der Waals surface area contributed by atoms with Gasteiger partial charge in [-0.05, 0) is 18.6 Å². The minimum Gasteiger partial charge on any atom is -0.396 e. The highest BCUT2D eigenvalue weighted by Gasteiger charge is 2.43. The van der Waals surface area contributed by atoms with E-state index in [4.69, 9.17) is 5.73 Å². The normalized spacial score (nSPS) is 17.4. The number of nitrogens with two attached hydrogens (primary N) is 1. The van der Waals surface area contributed by atoms with Gasteiger partial charge in [-0.1, -0.05) is 6.92 Å². The van der Waals surface area contributed by atoms with Gasteiger partial charge in [0.1, 0.15) is 11.4 Å². The molecule has 4 nitrogen and oxygen atoms in total. The predicted octanol–water partition coefficient (Wildman–Crippen LogP) is 1.14. The lowest BCUT2D eigenvalue weighted by Gasteiger charge is -2.46. The molecule has 0 aromatic heterocycles. The SMILES string of the molecule is CCC1(O)CN(C(=O)c2c(F)ccc(N)c2F)C1. The predicted molar refractivity (Wildman–Crippen MR) is 61.9 cm³/mol. The maximum absolute atomic E-state index is 13.6. The molecule has 98 valence electrons. The minimum absolute atomic E-state index is 0.0794. The van der Waals surface area contributed by atoms with Gasteiger partial charge < -0.3 is 15.7 Å². The van der Waals surface area contributed by atoms with Crippen LogP contribution in [0.3, 0.4) is 0 Å². The lowest BCUT2D eigenvalue weighted by molar-refractivity contribution is -0.0829. The standard InChI is InChI=1S/C12H14F2N2O2/c1-2-12(18)5-16(6-12)11(17)9-7(13)3-4-8(15)10(9)14/h3-4,18H,2,5-6,15H2,1H3. The van der Waals surface area contributed by atoms with Crippen molar-refractivity contribution in [2.45, 2.75) is 18.9 Å². The largest absolute Gasteiger partial charge is 0.396 e. The number of hydrogen-bond donors (Lipinski definition) is 2. The molecule has 18 heavy (non-hydrogen) atoms. The van der Waals surface area contributed by atoms with Gasteiger partial charge in [-0.15, -0.1) is 0 Å². The van der Waals surface area contributed by atoms with Crippen LogP contribution in [0.25, 0.3) is 0 Å². The molecule has 0 radical (unpaired) electrons. The van der Waals surface area contributed by atoms with Crippen molar-refractivity contribution in [2.24, 2.45) is 0 Å². The Balaban J connectivity index is 2.24. The number of rotatable bonds is 2. The van der Waals surface area contributed by atoms with Crippen molar-refractivity contribution in [3.05, 3.63) is 29.3 Å². The van der Waals surface area contributed by atoms with E-state index < -0.39 is 28.7 Å². The maximum atomic E-state index is 13.6. The summed E-state index contributed by atoms with van der Waals surface area (Å²) in [5, 5.41) is 9.77. The fourth-order valence-electron chi connectivity index (χ4n) is 1.95. The van der Waals surface area contributed by atoms with Gasteiger partial charge in [-0.2, -0.15) is 0 Å². The van der Waals surface area contributed by atoms with Crippen molar-refractivity contribution in [3.63, 3.8) is 0 Å². The summed E-state index contributed by atoms with van der Waals surface area (Å²) in [5.41, 5.74) is 3.43. The van der Waals surface area contributed by atoms with Gasteiger partial charge in [0.25, 0.3) is 5.91 Å². The van der Waals surface area contributed by atoms with Crippen LogP contribution in [0.2, 0.25) is 0 Å².